The fourth-order valence-corrected chi connectivity index (χ4v) is 3.63. The molecule has 0 spiro atoms. The standard InChI is InChI=1S/C13H10Br2ClN/c14-12(7-9-3-5-17-6-4-9)11-2-1-10(16)8-13(11)15/h1-6,8,12H,7H2. The second-order valence-electron chi connectivity index (χ2n) is 3.69. The molecule has 0 N–H and O–H groups in total. The Bertz CT molecular complexity index is 502. The van der Waals surface area contributed by atoms with Crippen LogP contribution in [0.15, 0.2) is 47.2 Å². The number of benzene rings is 1. The van der Waals surface area contributed by atoms with E-state index in [2.05, 4.69) is 36.8 Å². The zero-order valence-electron chi connectivity index (χ0n) is 8.91. The van der Waals surface area contributed by atoms with Crippen LogP contribution in [0, 0.1) is 0 Å². The highest BCUT2D eigenvalue weighted by molar-refractivity contribution is 9.11. The molecule has 2 rings (SSSR count). The molecule has 17 heavy (non-hydrogen) atoms. The molecular formula is C13H10Br2ClN. The van der Waals surface area contributed by atoms with Crippen molar-refractivity contribution in [2.45, 2.75) is 11.2 Å². The highest BCUT2D eigenvalue weighted by Gasteiger charge is 2.12. The first-order chi connectivity index (χ1) is 8.16. The van der Waals surface area contributed by atoms with Gasteiger partial charge in [0.25, 0.3) is 0 Å². The molecule has 0 saturated carbocycles. The lowest BCUT2D eigenvalue weighted by molar-refractivity contribution is 0.939. The number of alkyl halides is 1. The number of halogens is 3. The number of aromatic nitrogens is 1. The third kappa shape index (κ3) is 3.54. The van der Waals surface area contributed by atoms with Gasteiger partial charge in [-0.05, 0) is 41.8 Å². The molecule has 0 aliphatic rings. The molecule has 0 bridgehead atoms. The highest BCUT2D eigenvalue weighted by atomic mass is 79.9. The summed E-state index contributed by atoms with van der Waals surface area (Å²) in [6.45, 7) is 0. The van der Waals surface area contributed by atoms with E-state index in [-0.39, 0.29) is 4.83 Å². The molecule has 1 heterocycles. The Morgan fingerprint density at radius 2 is 1.88 bits per heavy atom. The number of nitrogens with zero attached hydrogens (tertiary/aromatic N) is 1. The monoisotopic (exact) mass is 373 g/mol. The number of rotatable bonds is 3. The van der Waals surface area contributed by atoms with Gasteiger partial charge < -0.3 is 0 Å². The third-order valence-electron chi connectivity index (χ3n) is 2.46. The average molecular weight is 375 g/mol. The average Bonchev–Trinajstić information content (AvgIpc) is 2.30. The maximum absolute atomic E-state index is 5.93. The number of hydrogen-bond donors (Lipinski definition) is 0. The van der Waals surface area contributed by atoms with Crippen molar-refractivity contribution in [3.8, 4) is 0 Å². The van der Waals surface area contributed by atoms with Gasteiger partial charge in [-0.15, -0.1) is 0 Å². The molecule has 1 aromatic carbocycles. The third-order valence-corrected chi connectivity index (χ3v) is 4.20. The molecule has 0 fully saturated rings. The Labute approximate surface area is 122 Å². The van der Waals surface area contributed by atoms with Crippen LogP contribution in [-0.2, 0) is 6.42 Å². The van der Waals surface area contributed by atoms with E-state index in [1.165, 1.54) is 11.1 Å². The summed E-state index contributed by atoms with van der Waals surface area (Å²) in [5, 5.41) is 0.740. The van der Waals surface area contributed by atoms with Gasteiger partial charge in [0.15, 0.2) is 0 Å². The maximum atomic E-state index is 5.93. The van der Waals surface area contributed by atoms with Crippen LogP contribution in [0.1, 0.15) is 16.0 Å². The first kappa shape index (κ1) is 13.1. The van der Waals surface area contributed by atoms with Crippen molar-refractivity contribution in [3.63, 3.8) is 0 Å². The van der Waals surface area contributed by atoms with Crippen LogP contribution in [0.25, 0.3) is 0 Å². The van der Waals surface area contributed by atoms with Gasteiger partial charge in [0, 0.05) is 26.7 Å². The highest BCUT2D eigenvalue weighted by Crippen LogP contribution is 2.33. The first-order valence-corrected chi connectivity index (χ1v) is 7.23. The lowest BCUT2D eigenvalue weighted by atomic mass is 10.1. The quantitative estimate of drug-likeness (QED) is 0.674. The lowest BCUT2D eigenvalue weighted by Gasteiger charge is -2.12. The number of hydrogen-bond acceptors (Lipinski definition) is 1. The molecule has 2 aromatic rings. The summed E-state index contributed by atoms with van der Waals surface area (Å²) in [4.78, 5) is 4.27. The summed E-state index contributed by atoms with van der Waals surface area (Å²) < 4.78 is 1.03. The van der Waals surface area contributed by atoms with Gasteiger partial charge in [-0.25, -0.2) is 0 Å². The van der Waals surface area contributed by atoms with E-state index in [1.807, 2.05) is 42.7 Å². The van der Waals surface area contributed by atoms with Crippen LogP contribution in [0.3, 0.4) is 0 Å². The first-order valence-electron chi connectivity index (χ1n) is 5.15. The van der Waals surface area contributed by atoms with Gasteiger partial charge in [0.05, 0.1) is 0 Å². The molecule has 0 saturated heterocycles. The molecule has 4 heteroatoms. The molecule has 1 unspecified atom stereocenters. The zero-order chi connectivity index (χ0) is 12.3. The second kappa shape index (κ2) is 5.98. The van der Waals surface area contributed by atoms with Gasteiger partial charge >= 0.3 is 0 Å². The van der Waals surface area contributed by atoms with Crippen LogP contribution in [0.5, 0.6) is 0 Å². The van der Waals surface area contributed by atoms with E-state index in [0.29, 0.717) is 0 Å². The van der Waals surface area contributed by atoms with Crippen molar-refractivity contribution < 1.29 is 0 Å². The maximum Gasteiger partial charge on any atom is 0.0446 e. The summed E-state index contributed by atoms with van der Waals surface area (Å²) >= 11 is 13.2. The molecule has 0 aliphatic heterocycles. The predicted molar refractivity (Wildman–Crippen MR) is 78.8 cm³/mol. The second-order valence-corrected chi connectivity index (χ2v) is 6.09. The van der Waals surface area contributed by atoms with E-state index in [0.717, 1.165) is 15.9 Å². The summed E-state index contributed by atoms with van der Waals surface area (Å²) in [6.07, 6.45) is 4.54. The minimum Gasteiger partial charge on any atom is -0.265 e. The van der Waals surface area contributed by atoms with E-state index in [4.69, 9.17) is 11.6 Å². The van der Waals surface area contributed by atoms with E-state index >= 15 is 0 Å². The largest absolute Gasteiger partial charge is 0.265 e. The van der Waals surface area contributed by atoms with E-state index < -0.39 is 0 Å². The molecule has 88 valence electrons. The van der Waals surface area contributed by atoms with Crippen LogP contribution in [0.2, 0.25) is 5.02 Å². The topological polar surface area (TPSA) is 12.9 Å². The summed E-state index contributed by atoms with van der Waals surface area (Å²) in [7, 11) is 0. The van der Waals surface area contributed by atoms with Crippen LogP contribution >= 0.6 is 43.5 Å². The number of pyridine rings is 1. The van der Waals surface area contributed by atoms with Gasteiger partial charge in [-0.1, -0.05) is 49.5 Å². The molecule has 0 amide bonds. The molecule has 1 nitrogen and oxygen atoms in total. The van der Waals surface area contributed by atoms with Crippen molar-refractivity contribution >= 4 is 43.5 Å². The van der Waals surface area contributed by atoms with Crippen molar-refractivity contribution in [2.75, 3.05) is 0 Å². The van der Waals surface area contributed by atoms with Crippen molar-refractivity contribution in [1.29, 1.82) is 0 Å². The SMILES string of the molecule is Clc1ccc(C(Br)Cc2ccncc2)c(Br)c1. The summed E-state index contributed by atoms with van der Waals surface area (Å²) in [5.74, 6) is 0. The predicted octanol–water partition coefficient (Wildman–Crippen LogP) is 5.18. The van der Waals surface area contributed by atoms with E-state index in [1.54, 1.807) is 0 Å². The molecule has 0 aliphatic carbocycles. The van der Waals surface area contributed by atoms with Gasteiger partial charge in [0.1, 0.15) is 0 Å². The Balaban J connectivity index is 2.17. The Morgan fingerprint density at radius 3 is 2.53 bits per heavy atom. The summed E-state index contributed by atoms with van der Waals surface area (Å²) in [6, 6.07) is 9.91. The minimum atomic E-state index is 0.261. The fraction of sp³-hybridized carbons (Fsp3) is 0.154. The smallest absolute Gasteiger partial charge is 0.0446 e. The Hall–Kier alpha value is -0.380. The Morgan fingerprint density at radius 1 is 1.18 bits per heavy atom. The minimum absolute atomic E-state index is 0.261. The molecule has 1 atom stereocenters. The van der Waals surface area contributed by atoms with Crippen molar-refractivity contribution in [2.24, 2.45) is 0 Å². The van der Waals surface area contributed by atoms with E-state index in [9.17, 15) is 0 Å². The van der Waals surface area contributed by atoms with Crippen LogP contribution in [0.4, 0.5) is 0 Å². The van der Waals surface area contributed by atoms with Gasteiger partial charge in [-0.2, -0.15) is 0 Å². The van der Waals surface area contributed by atoms with Crippen molar-refractivity contribution in [3.05, 3.63) is 63.3 Å². The molecular weight excluding hydrogens is 365 g/mol. The van der Waals surface area contributed by atoms with Gasteiger partial charge in [-0.3, -0.25) is 4.98 Å². The normalized spacial score (nSPS) is 12.4. The Kier molecular flexibility index (Phi) is 4.60. The molecule has 0 radical (unpaired) electrons. The van der Waals surface area contributed by atoms with Crippen LogP contribution in [-0.4, -0.2) is 4.98 Å². The molecule has 1 aromatic heterocycles. The lowest BCUT2D eigenvalue weighted by Crippen LogP contribution is -1.96. The fourth-order valence-electron chi connectivity index (χ4n) is 1.59. The summed E-state index contributed by atoms with van der Waals surface area (Å²) in [5.41, 5.74) is 2.45. The van der Waals surface area contributed by atoms with Crippen molar-refractivity contribution in [1.82, 2.24) is 4.98 Å². The zero-order valence-corrected chi connectivity index (χ0v) is 12.8. The van der Waals surface area contributed by atoms with Gasteiger partial charge in [0.2, 0.25) is 0 Å². The van der Waals surface area contributed by atoms with Crippen LogP contribution < -0.4 is 0 Å².